The molecule has 0 unspecified atom stereocenters. The summed E-state index contributed by atoms with van der Waals surface area (Å²) in [5, 5.41) is 1.98. The Morgan fingerprint density at radius 2 is 1.76 bits per heavy atom. The minimum absolute atomic E-state index is 0.392. The largest absolute Gasteiger partial charge is 0.395 e. The minimum atomic E-state index is -4.76. The van der Waals surface area contributed by atoms with Crippen molar-refractivity contribution < 1.29 is 39.6 Å². The number of nitrogens with zero attached hydrogens (tertiary/aromatic N) is 2. The molecule has 2 aromatic rings. The second kappa shape index (κ2) is 6.75. The van der Waals surface area contributed by atoms with E-state index in [1.54, 1.807) is 0 Å². The van der Waals surface area contributed by atoms with E-state index in [-0.39, 0.29) is 0 Å². The maximum Gasteiger partial charge on any atom is 0.395 e. The Balaban J connectivity index is 1.91. The summed E-state index contributed by atoms with van der Waals surface area (Å²) in [7, 11) is -3.62. The number of aromatic nitrogens is 2. The summed E-state index contributed by atoms with van der Waals surface area (Å²) in [4.78, 5) is 14.0. The SMILES string of the molecule is Cn1cc(S(=O)(=O)CC2(C(F)(F)F)CC2)c(F)c1C(=O)Nc1cc(F)nc(F)c1. The molecule has 29 heavy (non-hydrogen) atoms. The minimum Gasteiger partial charge on any atom is -0.343 e. The first-order valence-electron chi connectivity index (χ1n) is 8.04. The lowest BCUT2D eigenvalue weighted by Gasteiger charge is -2.18. The van der Waals surface area contributed by atoms with E-state index in [2.05, 4.69) is 4.98 Å². The van der Waals surface area contributed by atoms with Gasteiger partial charge in [-0.25, -0.2) is 12.8 Å². The third-order valence-corrected chi connectivity index (χ3v) is 6.47. The fraction of sp³-hybridized carbons (Fsp3) is 0.375. The predicted molar refractivity (Wildman–Crippen MR) is 87.3 cm³/mol. The molecule has 0 aromatic carbocycles. The van der Waals surface area contributed by atoms with Crippen molar-refractivity contribution in [2.75, 3.05) is 11.1 Å². The van der Waals surface area contributed by atoms with Crippen molar-refractivity contribution in [2.24, 2.45) is 12.5 Å². The molecule has 1 saturated carbocycles. The molecule has 0 saturated heterocycles. The van der Waals surface area contributed by atoms with E-state index in [0.29, 0.717) is 18.3 Å². The Kier molecular flexibility index (Phi) is 4.92. The number of sulfone groups is 1. The van der Waals surface area contributed by atoms with E-state index in [1.165, 1.54) is 0 Å². The van der Waals surface area contributed by atoms with Gasteiger partial charge in [0.25, 0.3) is 5.91 Å². The van der Waals surface area contributed by atoms with Gasteiger partial charge in [-0.1, -0.05) is 0 Å². The smallest absolute Gasteiger partial charge is 0.343 e. The molecular weight excluding hydrogens is 428 g/mol. The molecule has 0 spiro atoms. The maximum absolute atomic E-state index is 14.7. The highest BCUT2D eigenvalue weighted by atomic mass is 32.2. The van der Waals surface area contributed by atoms with Crippen LogP contribution in [0.3, 0.4) is 0 Å². The molecule has 6 nitrogen and oxygen atoms in total. The molecule has 3 rings (SSSR count). The summed E-state index contributed by atoms with van der Waals surface area (Å²) < 4.78 is 106. The summed E-state index contributed by atoms with van der Waals surface area (Å²) in [5.41, 5.74) is -3.68. The first kappa shape index (κ1) is 21.1. The van der Waals surface area contributed by atoms with E-state index in [9.17, 15) is 39.6 Å². The molecule has 1 fully saturated rings. The first-order valence-corrected chi connectivity index (χ1v) is 9.70. The molecule has 0 radical (unpaired) electrons. The quantitative estimate of drug-likeness (QED) is 0.571. The third-order valence-electron chi connectivity index (χ3n) is 4.58. The van der Waals surface area contributed by atoms with Crippen LogP contribution in [0.15, 0.2) is 23.2 Å². The van der Waals surface area contributed by atoms with Crippen LogP contribution >= 0.6 is 0 Å². The van der Waals surface area contributed by atoms with Crippen molar-refractivity contribution in [1.29, 1.82) is 0 Å². The number of pyridine rings is 1. The predicted octanol–water partition coefficient (Wildman–Crippen LogP) is 3.21. The Bertz CT molecular complexity index is 1070. The maximum atomic E-state index is 14.7. The van der Waals surface area contributed by atoms with Crippen LogP contribution in [-0.2, 0) is 16.9 Å². The van der Waals surface area contributed by atoms with Crippen molar-refractivity contribution in [3.8, 4) is 0 Å². The lowest BCUT2D eigenvalue weighted by molar-refractivity contribution is -0.180. The number of hydrogen-bond acceptors (Lipinski definition) is 4. The zero-order valence-electron chi connectivity index (χ0n) is 14.6. The summed E-state index contributed by atoms with van der Waals surface area (Å²) in [5.74, 6) is -6.69. The number of halogens is 6. The van der Waals surface area contributed by atoms with Crippen LogP contribution < -0.4 is 5.32 Å². The van der Waals surface area contributed by atoms with Crippen LogP contribution in [0.5, 0.6) is 0 Å². The molecule has 1 amide bonds. The summed E-state index contributed by atoms with van der Waals surface area (Å²) in [6.07, 6.45) is -4.87. The summed E-state index contributed by atoms with van der Waals surface area (Å²) in [6.45, 7) is 0. The summed E-state index contributed by atoms with van der Waals surface area (Å²) >= 11 is 0. The van der Waals surface area contributed by atoms with Crippen LogP contribution in [0, 0.1) is 23.1 Å². The topological polar surface area (TPSA) is 81.1 Å². The van der Waals surface area contributed by atoms with E-state index >= 15 is 0 Å². The third kappa shape index (κ3) is 3.95. The van der Waals surface area contributed by atoms with Gasteiger partial charge in [0.1, 0.15) is 10.6 Å². The highest BCUT2D eigenvalue weighted by Gasteiger charge is 2.65. The van der Waals surface area contributed by atoms with Gasteiger partial charge in [0, 0.05) is 25.4 Å². The molecular formula is C16H13F6N3O3S. The van der Waals surface area contributed by atoms with Crippen LogP contribution in [0.2, 0.25) is 0 Å². The van der Waals surface area contributed by atoms with Crippen LogP contribution in [0.1, 0.15) is 23.3 Å². The number of alkyl halides is 3. The highest BCUT2D eigenvalue weighted by molar-refractivity contribution is 7.91. The molecule has 0 atom stereocenters. The lowest BCUT2D eigenvalue weighted by atomic mass is 10.1. The number of carbonyl (C=O) groups is 1. The second-order valence-electron chi connectivity index (χ2n) is 6.76. The molecule has 0 aliphatic heterocycles. The number of amides is 1. The Hall–Kier alpha value is -2.57. The van der Waals surface area contributed by atoms with E-state index in [1.807, 2.05) is 5.32 Å². The Morgan fingerprint density at radius 1 is 1.21 bits per heavy atom. The molecule has 1 N–H and O–H groups in total. The molecule has 1 aliphatic rings. The molecule has 2 heterocycles. The molecule has 1 aliphatic carbocycles. The van der Waals surface area contributed by atoms with Gasteiger partial charge in [0.15, 0.2) is 15.7 Å². The van der Waals surface area contributed by atoms with Gasteiger partial charge in [-0.2, -0.15) is 26.9 Å². The van der Waals surface area contributed by atoms with Crippen molar-refractivity contribution >= 4 is 21.4 Å². The van der Waals surface area contributed by atoms with E-state index < -0.39 is 79.9 Å². The van der Waals surface area contributed by atoms with Gasteiger partial charge in [0.2, 0.25) is 11.9 Å². The Labute approximate surface area is 160 Å². The second-order valence-corrected chi connectivity index (χ2v) is 8.72. The standard InChI is InChI=1S/C16H13F6N3O3S/c1-25-6-9(29(27,28)7-15(2-3-15)16(20,21)22)12(19)13(25)14(26)23-8-4-10(17)24-11(18)5-8/h4-6H,2-3,7H2,1H3,(H,23,24,26). The molecule has 13 heteroatoms. The van der Waals surface area contributed by atoms with Crippen molar-refractivity contribution in [1.82, 2.24) is 9.55 Å². The number of hydrogen-bond donors (Lipinski definition) is 1. The van der Waals surface area contributed by atoms with Gasteiger partial charge >= 0.3 is 6.18 Å². The zero-order valence-corrected chi connectivity index (χ0v) is 15.5. The fourth-order valence-electron chi connectivity index (χ4n) is 2.87. The fourth-order valence-corrected chi connectivity index (χ4v) is 4.90. The van der Waals surface area contributed by atoms with Gasteiger partial charge in [0.05, 0.1) is 16.9 Å². The molecule has 0 bridgehead atoms. The number of aryl methyl sites for hydroxylation is 1. The molecule has 2 aromatic heterocycles. The van der Waals surface area contributed by atoms with Crippen LogP contribution in [0.25, 0.3) is 0 Å². The lowest BCUT2D eigenvalue weighted by Crippen LogP contribution is -2.32. The van der Waals surface area contributed by atoms with Crippen LogP contribution in [-0.4, -0.2) is 35.8 Å². The van der Waals surface area contributed by atoms with Crippen molar-refractivity contribution in [3.63, 3.8) is 0 Å². The van der Waals surface area contributed by atoms with Crippen LogP contribution in [0.4, 0.5) is 32.0 Å². The normalized spacial score (nSPS) is 16.0. The number of rotatable bonds is 5. The van der Waals surface area contributed by atoms with E-state index in [0.717, 1.165) is 11.6 Å². The zero-order chi connectivity index (χ0) is 21.8. The highest BCUT2D eigenvalue weighted by Crippen LogP contribution is 2.58. The van der Waals surface area contributed by atoms with Crippen molar-refractivity contribution in [3.05, 3.63) is 41.7 Å². The average Bonchev–Trinajstić information content (AvgIpc) is 3.24. The number of anilines is 1. The molecule has 158 valence electrons. The van der Waals surface area contributed by atoms with Gasteiger partial charge in [-0.3, -0.25) is 4.79 Å². The van der Waals surface area contributed by atoms with Gasteiger partial charge in [-0.15, -0.1) is 0 Å². The number of carbonyl (C=O) groups excluding carboxylic acids is 1. The van der Waals surface area contributed by atoms with Gasteiger partial charge < -0.3 is 9.88 Å². The summed E-state index contributed by atoms with van der Waals surface area (Å²) in [6, 6.07) is 1.28. The first-order chi connectivity index (χ1) is 13.3. The number of nitrogens with one attached hydrogen (secondary N) is 1. The average molecular weight is 441 g/mol. The monoisotopic (exact) mass is 441 g/mol. The van der Waals surface area contributed by atoms with Crippen molar-refractivity contribution in [2.45, 2.75) is 23.9 Å². The van der Waals surface area contributed by atoms with E-state index in [4.69, 9.17) is 0 Å². The Morgan fingerprint density at radius 3 is 2.24 bits per heavy atom. The van der Waals surface area contributed by atoms with Gasteiger partial charge in [-0.05, 0) is 12.8 Å².